The van der Waals surface area contributed by atoms with Gasteiger partial charge in [0.25, 0.3) is 10.0 Å². The van der Waals surface area contributed by atoms with Gasteiger partial charge < -0.3 is 15.7 Å². The fraction of sp³-hybridized carbons (Fsp3) is 0.730. The molecule has 1 heterocycles. The average molecular weight is 655 g/mol. The molecule has 0 saturated heterocycles. The van der Waals surface area contributed by atoms with E-state index < -0.39 is 22.2 Å². The van der Waals surface area contributed by atoms with E-state index in [0.29, 0.717) is 29.4 Å². The van der Waals surface area contributed by atoms with Gasteiger partial charge in [-0.25, -0.2) is 17.4 Å². The Balaban J connectivity index is 1.28. The van der Waals surface area contributed by atoms with E-state index in [0.717, 1.165) is 35.2 Å². The number of likely N-dealkylation sites (N-methyl/N-ethyl adjacent to an activating group) is 1. The topological polar surface area (TPSA) is 113 Å². The number of nitrogens with one attached hydrogen (secondary N) is 2. The zero-order valence-electron chi connectivity index (χ0n) is 28.2. The Morgan fingerprint density at radius 2 is 1.48 bits per heavy atom. The number of aromatic nitrogens is 2. The number of rotatable bonds is 14. The molecule has 9 heteroatoms. The van der Waals surface area contributed by atoms with Gasteiger partial charge in [-0.05, 0) is 62.6 Å². The Morgan fingerprint density at radius 3 is 2.04 bits per heavy atom. The van der Waals surface area contributed by atoms with Gasteiger partial charge in [-0.1, -0.05) is 114 Å². The predicted octanol–water partition coefficient (Wildman–Crippen LogP) is 6.54. The maximum atomic E-state index is 13.8. The van der Waals surface area contributed by atoms with E-state index in [9.17, 15) is 18.3 Å². The smallest absolute Gasteiger partial charge is 0.268 e. The van der Waals surface area contributed by atoms with Crippen molar-refractivity contribution in [3.05, 3.63) is 48.0 Å². The van der Waals surface area contributed by atoms with Gasteiger partial charge >= 0.3 is 0 Å². The van der Waals surface area contributed by atoms with Crippen LogP contribution in [0.5, 0.6) is 0 Å². The minimum Gasteiger partial charge on any atom is -0.391 e. The Labute approximate surface area is 277 Å². The lowest BCUT2D eigenvalue weighted by molar-refractivity contribution is -0.125. The van der Waals surface area contributed by atoms with E-state index >= 15 is 0 Å². The highest BCUT2D eigenvalue weighted by Crippen LogP contribution is 2.43. The van der Waals surface area contributed by atoms with Crippen LogP contribution in [-0.4, -0.2) is 53.6 Å². The molecular formula is C37H58N4O4S. The summed E-state index contributed by atoms with van der Waals surface area (Å²) in [6, 6.07) is 5.85. The molecule has 3 aliphatic rings. The van der Waals surface area contributed by atoms with Crippen molar-refractivity contribution in [1.29, 1.82) is 0 Å². The van der Waals surface area contributed by atoms with Gasteiger partial charge in [-0.3, -0.25) is 4.79 Å². The molecule has 3 N–H and O–H groups in total. The fourth-order valence-electron chi connectivity index (χ4n) is 8.66. The summed E-state index contributed by atoms with van der Waals surface area (Å²) < 4.78 is 27.5. The lowest BCUT2D eigenvalue weighted by atomic mass is 9.67. The first-order chi connectivity index (χ1) is 22.2. The third-order valence-electron chi connectivity index (χ3n) is 11.4. The molecule has 1 aromatic carbocycles. The van der Waals surface area contributed by atoms with Crippen LogP contribution in [0.1, 0.15) is 120 Å². The monoisotopic (exact) mass is 654 g/mol. The van der Waals surface area contributed by atoms with Gasteiger partial charge in [0.1, 0.15) is 6.33 Å². The molecule has 2 aromatic rings. The van der Waals surface area contributed by atoms with E-state index in [4.69, 9.17) is 0 Å². The lowest BCUT2D eigenvalue weighted by Crippen LogP contribution is -2.52. The normalized spacial score (nSPS) is 21.2. The van der Waals surface area contributed by atoms with Crippen molar-refractivity contribution in [3.63, 3.8) is 0 Å². The summed E-state index contributed by atoms with van der Waals surface area (Å²) in [5.41, 5.74) is 1.50. The number of amides is 1. The van der Waals surface area contributed by atoms with E-state index in [-0.39, 0.29) is 23.3 Å². The Hall–Kier alpha value is -2.23. The number of hydrogen-bond acceptors (Lipinski definition) is 6. The van der Waals surface area contributed by atoms with Gasteiger partial charge in [0.2, 0.25) is 5.91 Å². The summed E-state index contributed by atoms with van der Waals surface area (Å²) in [7, 11) is -2.03. The number of aliphatic hydroxyl groups is 1. The number of hydrogen-bond donors (Lipinski definition) is 3. The van der Waals surface area contributed by atoms with Crippen LogP contribution in [-0.2, 0) is 21.2 Å². The van der Waals surface area contributed by atoms with Crippen molar-refractivity contribution in [3.8, 4) is 0 Å². The largest absolute Gasteiger partial charge is 0.391 e. The van der Waals surface area contributed by atoms with Gasteiger partial charge in [0.05, 0.1) is 28.8 Å². The number of carbonyl (C=O) groups is 1. The van der Waals surface area contributed by atoms with Crippen molar-refractivity contribution < 1.29 is 18.3 Å². The van der Waals surface area contributed by atoms with E-state index in [2.05, 4.69) is 15.6 Å². The van der Waals surface area contributed by atoms with Crippen molar-refractivity contribution in [2.45, 2.75) is 146 Å². The van der Waals surface area contributed by atoms with Crippen LogP contribution < -0.4 is 10.6 Å². The van der Waals surface area contributed by atoms with E-state index in [1.54, 1.807) is 31.3 Å². The van der Waals surface area contributed by atoms with E-state index in [1.807, 2.05) is 6.92 Å². The molecule has 1 amide bonds. The number of carbonyl (C=O) groups excluding carboxylic acids is 1. The van der Waals surface area contributed by atoms with Crippen LogP contribution in [0, 0.1) is 30.6 Å². The van der Waals surface area contributed by atoms with Gasteiger partial charge in [0.15, 0.2) is 0 Å². The highest BCUT2D eigenvalue weighted by atomic mass is 32.2. The van der Waals surface area contributed by atoms with Gasteiger partial charge in [-0.2, -0.15) is 0 Å². The third kappa shape index (κ3) is 9.22. The zero-order valence-corrected chi connectivity index (χ0v) is 29.0. The summed E-state index contributed by atoms with van der Waals surface area (Å²) in [6.45, 7) is 1.92. The molecule has 0 bridgehead atoms. The minimum atomic E-state index is -3.77. The SMILES string of the molecule is CN[C@@H](Cc1cn(S(=O)(=O)c2ccc(C)cc2)cn1)C(=O)N[C@@H](CC1CCCCC1)[C@@H](O)CC(C1CCCCC1)C1CCCCC1. The Bertz CT molecular complexity index is 1310. The summed E-state index contributed by atoms with van der Waals surface area (Å²) in [5, 5.41) is 18.4. The second kappa shape index (κ2) is 16.7. The average Bonchev–Trinajstić information content (AvgIpc) is 3.57. The van der Waals surface area contributed by atoms with Crippen molar-refractivity contribution in [2.24, 2.45) is 23.7 Å². The second-order valence-corrected chi connectivity index (χ2v) is 16.5. The highest BCUT2D eigenvalue weighted by Gasteiger charge is 2.36. The predicted molar refractivity (Wildman–Crippen MR) is 183 cm³/mol. The van der Waals surface area contributed by atoms with Crippen LogP contribution in [0.2, 0.25) is 0 Å². The zero-order chi connectivity index (χ0) is 32.5. The number of aryl methyl sites for hydroxylation is 1. The molecule has 0 unspecified atom stereocenters. The van der Waals surface area contributed by atoms with Crippen molar-refractivity contribution >= 4 is 15.9 Å². The van der Waals surface area contributed by atoms with Gasteiger partial charge in [-0.15, -0.1) is 0 Å². The third-order valence-corrected chi connectivity index (χ3v) is 13.0. The lowest BCUT2D eigenvalue weighted by Gasteiger charge is -2.40. The fourth-order valence-corrected chi connectivity index (χ4v) is 9.82. The standard InChI is InChI=1S/C37H58N4O4S/c1-27-18-20-32(21-19-27)46(44,45)41-25-31(39-26-41)23-35(38-2)37(43)40-34(22-28-12-6-3-7-13-28)36(42)24-33(29-14-8-4-9-15-29)30-16-10-5-11-17-30/h18-21,25-26,28-30,33-36,38,42H,3-17,22-24H2,1-2H3,(H,40,43)/t34-,35-,36-/m0/s1. The Kier molecular flexibility index (Phi) is 12.8. The number of benzene rings is 1. The molecule has 256 valence electrons. The molecule has 3 saturated carbocycles. The molecule has 3 atom stereocenters. The maximum Gasteiger partial charge on any atom is 0.268 e. The van der Waals surface area contributed by atoms with Gasteiger partial charge in [0, 0.05) is 12.6 Å². The number of nitrogens with zero attached hydrogens (tertiary/aromatic N) is 2. The molecule has 5 rings (SSSR count). The molecule has 8 nitrogen and oxygen atoms in total. The molecule has 46 heavy (non-hydrogen) atoms. The van der Waals surface area contributed by atoms with Crippen molar-refractivity contribution in [1.82, 2.24) is 19.6 Å². The quantitative estimate of drug-likeness (QED) is 0.213. The number of aliphatic hydroxyl groups excluding tert-OH is 1. The van der Waals surface area contributed by atoms with Crippen molar-refractivity contribution in [2.75, 3.05) is 7.05 Å². The molecular weight excluding hydrogens is 596 g/mol. The first kappa shape index (κ1) is 35.1. The molecule has 0 radical (unpaired) electrons. The number of imidazole rings is 1. The molecule has 1 aromatic heterocycles. The first-order valence-corrected chi connectivity index (χ1v) is 19.7. The van der Waals surface area contributed by atoms with E-state index in [1.165, 1.54) is 96.0 Å². The summed E-state index contributed by atoms with van der Waals surface area (Å²) in [5.74, 6) is 2.26. The van der Waals surface area contributed by atoms with Crippen LogP contribution in [0.3, 0.4) is 0 Å². The maximum absolute atomic E-state index is 13.8. The van der Waals surface area contributed by atoms with Crippen LogP contribution in [0.4, 0.5) is 0 Å². The molecule has 3 fully saturated rings. The molecule has 0 spiro atoms. The minimum absolute atomic E-state index is 0.162. The van der Waals surface area contributed by atoms with Crippen LogP contribution >= 0.6 is 0 Å². The molecule has 3 aliphatic carbocycles. The summed E-state index contributed by atoms with van der Waals surface area (Å²) in [4.78, 5) is 18.4. The summed E-state index contributed by atoms with van der Waals surface area (Å²) in [6.07, 6.45) is 23.1. The first-order valence-electron chi connectivity index (χ1n) is 18.3. The van der Waals surface area contributed by atoms with Crippen LogP contribution in [0.25, 0.3) is 0 Å². The second-order valence-electron chi connectivity index (χ2n) is 14.7. The highest BCUT2D eigenvalue weighted by molar-refractivity contribution is 7.90. The molecule has 0 aliphatic heterocycles. The van der Waals surface area contributed by atoms with Crippen LogP contribution in [0.15, 0.2) is 41.7 Å². The Morgan fingerprint density at radius 1 is 0.913 bits per heavy atom. The summed E-state index contributed by atoms with van der Waals surface area (Å²) >= 11 is 0.